The van der Waals surface area contributed by atoms with E-state index in [0.29, 0.717) is 0 Å². The van der Waals surface area contributed by atoms with Crippen LogP contribution in [-0.4, -0.2) is 12.1 Å². The van der Waals surface area contributed by atoms with Gasteiger partial charge in [0.15, 0.2) is 0 Å². The fourth-order valence-electron chi connectivity index (χ4n) is 2.02. The summed E-state index contributed by atoms with van der Waals surface area (Å²) in [5.74, 6) is -0.0886. The van der Waals surface area contributed by atoms with E-state index < -0.39 is 0 Å². The molecule has 1 rings (SSSR count). The van der Waals surface area contributed by atoms with Gasteiger partial charge in [0, 0.05) is 5.54 Å². The van der Waals surface area contributed by atoms with E-state index in [0.717, 1.165) is 24.9 Å². The van der Waals surface area contributed by atoms with Crippen molar-refractivity contribution in [2.45, 2.75) is 53.0 Å². The van der Waals surface area contributed by atoms with E-state index in [-0.39, 0.29) is 16.8 Å². The van der Waals surface area contributed by atoms with Gasteiger partial charge in [0.05, 0.1) is 0 Å². The SMILES string of the molecule is CC(C)(CCNC(C)(C)C)Cc1ccccc1F. The molecular formula is C16H26FN. The van der Waals surface area contributed by atoms with Crippen LogP contribution in [0.5, 0.6) is 0 Å². The number of nitrogens with one attached hydrogen (secondary N) is 1. The van der Waals surface area contributed by atoms with E-state index in [1.165, 1.54) is 0 Å². The summed E-state index contributed by atoms with van der Waals surface area (Å²) in [5, 5.41) is 3.48. The summed E-state index contributed by atoms with van der Waals surface area (Å²) in [7, 11) is 0. The van der Waals surface area contributed by atoms with Gasteiger partial charge in [-0.05, 0) is 57.2 Å². The van der Waals surface area contributed by atoms with Crippen LogP contribution in [0.1, 0.15) is 46.6 Å². The average molecular weight is 251 g/mol. The molecule has 2 heteroatoms. The highest BCUT2D eigenvalue weighted by Crippen LogP contribution is 2.26. The first kappa shape index (κ1) is 15.2. The lowest BCUT2D eigenvalue weighted by molar-refractivity contribution is 0.299. The molecule has 102 valence electrons. The maximum atomic E-state index is 13.6. The number of hydrogen-bond acceptors (Lipinski definition) is 1. The van der Waals surface area contributed by atoms with Crippen LogP contribution >= 0.6 is 0 Å². The summed E-state index contributed by atoms with van der Waals surface area (Å²) in [4.78, 5) is 0. The molecule has 0 spiro atoms. The molecule has 0 amide bonds. The predicted molar refractivity (Wildman–Crippen MR) is 76.3 cm³/mol. The standard InChI is InChI=1S/C16H26FN/c1-15(2,3)18-11-10-16(4,5)12-13-8-6-7-9-14(13)17/h6-9,18H,10-12H2,1-5H3. The molecule has 1 aromatic carbocycles. The Hall–Kier alpha value is -0.890. The van der Waals surface area contributed by atoms with Crippen LogP contribution in [0.25, 0.3) is 0 Å². The monoisotopic (exact) mass is 251 g/mol. The lowest BCUT2D eigenvalue weighted by atomic mass is 9.82. The van der Waals surface area contributed by atoms with Gasteiger partial charge in [0.1, 0.15) is 5.82 Å². The summed E-state index contributed by atoms with van der Waals surface area (Å²) in [6.45, 7) is 11.9. The maximum Gasteiger partial charge on any atom is 0.126 e. The zero-order valence-corrected chi connectivity index (χ0v) is 12.3. The first-order valence-corrected chi connectivity index (χ1v) is 6.68. The highest BCUT2D eigenvalue weighted by atomic mass is 19.1. The largest absolute Gasteiger partial charge is 0.312 e. The van der Waals surface area contributed by atoms with Crippen LogP contribution in [-0.2, 0) is 6.42 Å². The Bertz CT molecular complexity index is 377. The minimum atomic E-state index is -0.0886. The van der Waals surface area contributed by atoms with Gasteiger partial charge in [-0.15, -0.1) is 0 Å². The Morgan fingerprint density at radius 1 is 1.06 bits per heavy atom. The zero-order valence-electron chi connectivity index (χ0n) is 12.3. The maximum absolute atomic E-state index is 13.6. The normalized spacial score (nSPS) is 12.8. The molecule has 1 aromatic rings. The molecule has 0 aliphatic rings. The van der Waals surface area contributed by atoms with Gasteiger partial charge in [-0.25, -0.2) is 4.39 Å². The van der Waals surface area contributed by atoms with Crippen molar-refractivity contribution in [1.82, 2.24) is 5.32 Å². The Labute approximate surface area is 111 Å². The van der Waals surface area contributed by atoms with Crippen LogP contribution in [0.2, 0.25) is 0 Å². The van der Waals surface area contributed by atoms with Crippen molar-refractivity contribution < 1.29 is 4.39 Å². The minimum absolute atomic E-state index is 0.0886. The molecule has 0 saturated heterocycles. The second-order valence-electron chi connectivity index (χ2n) is 6.86. The summed E-state index contributed by atoms with van der Waals surface area (Å²) in [5.41, 5.74) is 1.08. The average Bonchev–Trinajstić information content (AvgIpc) is 2.18. The van der Waals surface area contributed by atoms with E-state index >= 15 is 0 Å². The predicted octanol–water partition coefficient (Wildman–Crippen LogP) is 4.17. The Balaban J connectivity index is 2.52. The molecule has 0 atom stereocenters. The van der Waals surface area contributed by atoms with Gasteiger partial charge in [0.25, 0.3) is 0 Å². The van der Waals surface area contributed by atoms with Gasteiger partial charge in [0.2, 0.25) is 0 Å². The fourth-order valence-corrected chi connectivity index (χ4v) is 2.02. The molecule has 0 unspecified atom stereocenters. The van der Waals surface area contributed by atoms with E-state index in [1.807, 2.05) is 12.1 Å². The Morgan fingerprint density at radius 3 is 2.22 bits per heavy atom. The minimum Gasteiger partial charge on any atom is -0.312 e. The molecular weight excluding hydrogens is 225 g/mol. The van der Waals surface area contributed by atoms with Gasteiger partial charge in [-0.1, -0.05) is 32.0 Å². The second kappa shape index (κ2) is 5.83. The molecule has 0 saturated carbocycles. The second-order valence-corrected chi connectivity index (χ2v) is 6.86. The van der Waals surface area contributed by atoms with E-state index in [2.05, 4.69) is 39.9 Å². The van der Waals surface area contributed by atoms with Crippen LogP contribution in [0.15, 0.2) is 24.3 Å². The molecule has 1 nitrogen and oxygen atoms in total. The molecule has 18 heavy (non-hydrogen) atoms. The number of halogens is 1. The third kappa shape index (κ3) is 5.63. The molecule has 0 radical (unpaired) electrons. The molecule has 1 N–H and O–H groups in total. The summed E-state index contributed by atoms with van der Waals surface area (Å²) < 4.78 is 13.6. The van der Waals surface area contributed by atoms with Crippen LogP contribution in [0.4, 0.5) is 4.39 Å². The smallest absolute Gasteiger partial charge is 0.126 e. The molecule has 0 heterocycles. The summed E-state index contributed by atoms with van der Waals surface area (Å²) in [6.07, 6.45) is 1.82. The van der Waals surface area contributed by atoms with E-state index in [4.69, 9.17) is 0 Å². The number of benzene rings is 1. The lowest BCUT2D eigenvalue weighted by Gasteiger charge is -2.28. The number of rotatable bonds is 5. The first-order chi connectivity index (χ1) is 8.20. The molecule has 0 aromatic heterocycles. The van der Waals surface area contributed by atoms with Crippen molar-refractivity contribution in [3.63, 3.8) is 0 Å². The lowest BCUT2D eigenvalue weighted by Crippen LogP contribution is -2.38. The van der Waals surface area contributed by atoms with Crippen molar-refractivity contribution in [1.29, 1.82) is 0 Å². The quantitative estimate of drug-likeness (QED) is 0.828. The molecule has 0 aliphatic heterocycles. The van der Waals surface area contributed by atoms with Crippen molar-refractivity contribution in [2.24, 2.45) is 5.41 Å². The van der Waals surface area contributed by atoms with Crippen molar-refractivity contribution in [3.8, 4) is 0 Å². The third-order valence-corrected chi connectivity index (χ3v) is 3.08. The third-order valence-electron chi connectivity index (χ3n) is 3.08. The van der Waals surface area contributed by atoms with E-state index in [9.17, 15) is 4.39 Å². The fraction of sp³-hybridized carbons (Fsp3) is 0.625. The highest BCUT2D eigenvalue weighted by molar-refractivity contribution is 5.18. The number of hydrogen-bond donors (Lipinski definition) is 1. The summed E-state index contributed by atoms with van der Waals surface area (Å²) in [6, 6.07) is 7.07. The van der Waals surface area contributed by atoms with Gasteiger partial charge in [-0.3, -0.25) is 0 Å². The van der Waals surface area contributed by atoms with Crippen molar-refractivity contribution in [2.75, 3.05) is 6.54 Å². The zero-order chi connectivity index (χ0) is 13.8. The van der Waals surface area contributed by atoms with E-state index in [1.54, 1.807) is 12.1 Å². The Morgan fingerprint density at radius 2 is 1.67 bits per heavy atom. The summed E-state index contributed by atoms with van der Waals surface area (Å²) >= 11 is 0. The van der Waals surface area contributed by atoms with Gasteiger partial charge in [-0.2, -0.15) is 0 Å². The molecule has 0 fully saturated rings. The highest BCUT2D eigenvalue weighted by Gasteiger charge is 2.20. The van der Waals surface area contributed by atoms with Crippen LogP contribution in [0, 0.1) is 11.2 Å². The first-order valence-electron chi connectivity index (χ1n) is 6.68. The topological polar surface area (TPSA) is 12.0 Å². The molecule has 0 aliphatic carbocycles. The van der Waals surface area contributed by atoms with Crippen LogP contribution < -0.4 is 5.32 Å². The van der Waals surface area contributed by atoms with Gasteiger partial charge >= 0.3 is 0 Å². The van der Waals surface area contributed by atoms with Crippen molar-refractivity contribution in [3.05, 3.63) is 35.6 Å². The Kier molecular flexibility index (Phi) is 4.92. The molecule has 0 bridgehead atoms. The van der Waals surface area contributed by atoms with Gasteiger partial charge < -0.3 is 5.32 Å². The van der Waals surface area contributed by atoms with Crippen molar-refractivity contribution >= 4 is 0 Å². The van der Waals surface area contributed by atoms with Crippen LogP contribution in [0.3, 0.4) is 0 Å².